The molecule has 0 heterocycles. The van der Waals surface area contributed by atoms with Crippen molar-refractivity contribution in [2.75, 3.05) is 6.54 Å². The number of hydrogen-bond acceptors (Lipinski definition) is 4. The molecule has 27 heavy (non-hydrogen) atoms. The fraction of sp³-hybridized carbons (Fsp3) is 0.444. The number of carbonyl (C=O) groups excluding carboxylic acids is 3. The third-order valence-corrected chi connectivity index (χ3v) is 5.43. The van der Waals surface area contributed by atoms with Gasteiger partial charge in [-0.2, -0.15) is 0 Å². The van der Waals surface area contributed by atoms with Gasteiger partial charge in [-0.3, -0.25) is 30.6 Å². The molecule has 0 unspecified atom stereocenters. The third-order valence-electron chi connectivity index (χ3n) is 4.38. The van der Waals surface area contributed by atoms with Crippen molar-refractivity contribution in [2.45, 2.75) is 39.0 Å². The van der Waals surface area contributed by atoms with Crippen LogP contribution in [-0.4, -0.2) is 29.4 Å². The number of benzene rings is 1. The van der Waals surface area contributed by atoms with Gasteiger partial charge in [0.15, 0.2) is 5.11 Å². The second-order valence-corrected chi connectivity index (χ2v) is 7.74. The molecule has 0 spiro atoms. The van der Waals surface area contributed by atoms with E-state index in [0.717, 1.165) is 42.1 Å². The molecule has 3 amide bonds. The van der Waals surface area contributed by atoms with E-state index in [2.05, 4.69) is 37.4 Å². The van der Waals surface area contributed by atoms with Crippen LogP contribution in [0.3, 0.4) is 0 Å². The Hall–Kier alpha value is -2.00. The third kappa shape index (κ3) is 6.91. The van der Waals surface area contributed by atoms with E-state index in [1.54, 1.807) is 12.1 Å². The lowest BCUT2D eigenvalue weighted by Gasteiger charge is -2.20. The highest BCUT2D eigenvalue weighted by atomic mass is 79.9. The number of hydrazine groups is 1. The number of halogens is 1. The molecule has 0 atom stereocenters. The summed E-state index contributed by atoms with van der Waals surface area (Å²) in [4.78, 5) is 35.9. The highest BCUT2D eigenvalue weighted by Crippen LogP contribution is 2.23. The first-order valence-corrected chi connectivity index (χ1v) is 10.0. The van der Waals surface area contributed by atoms with Crippen LogP contribution in [-0.2, 0) is 9.59 Å². The van der Waals surface area contributed by atoms with Crippen LogP contribution >= 0.6 is 28.1 Å². The Kier molecular flexibility index (Phi) is 8.18. The standard InChI is InChI=1S/C18H23BrN4O3S/c1-11-7-8-13(9-14(11)19)17(26)21-18(27)23-22-15(24)10-20-16(25)12-5-3-2-4-6-12/h7-9,12H,2-6,10H2,1H3,(H,20,25)(H,22,24)(H2,21,23,26,27). The van der Waals surface area contributed by atoms with E-state index in [-0.39, 0.29) is 23.5 Å². The lowest BCUT2D eigenvalue weighted by Crippen LogP contribution is -2.51. The minimum atomic E-state index is -0.450. The first-order valence-electron chi connectivity index (χ1n) is 8.81. The van der Waals surface area contributed by atoms with E-state index >= 15 is 0 Å². The normalized spacial score (nSPS) is 14.1. The minimum absolute atomic E-state index is 0.00583. The number of thiocarbonyl (C=S) groups is 1. The van der Waals surface area contributed by atoms with Crippen molar-refractivity contribution in [1.29, 1.82) is 0 Å². The van der Waals surface area contributed by atoms with Crippen LogP contribution in [0.2, 0.25) is 0 Å². The van der Waals surface area contributed by atoms with Gasteiger partial charge in [0, 0.05) is 16.0 Å². The van der Waals surface area contributed by atoms with E-state index < -0.39 is 11.8 Å². The maximum Gasteiger partial charge on any atom is 0.257 e. The summed E-state index contributed by atoms with van der Waals surface area (Å²) < 4.78 is 0.816. The van der Waals surface area contributed by atoms with Crippen molar-refractivity contribution in [3.63, 3.8) is 0 Å². The Morgan fingerprint density at radius 1 is 1.15 bits per heavy atom. The number of amides is 3. The minimum Gasteiger partial charge on any atom is -0.347 e. The summed E-state index contributed by atoms with van der Waals surface area (Å²) in [5.74, 6) is -0.943. The topological polar surface area (TPSA) is 99.3 Å². The molecule has 1 fully saturated rings. The molecule has 7 nitrogen and oxygen atoms in total. The SMILES string of the molecule is Cc1ccc(C(=O)NC(=S)NNC(=O)CNC(=O)C2CCCCC2)cc1Br. The van der Waals surface area contributed by atoms with Crippen LogP contribution in [0.4, 0.5) is 0 Å². The second kappa shape index (κ2) is 10.4. The summed E-state index contributed by atoms with van der Waals surface area (Å²) in [5.41, 5.74) is 6.24. The van der Waals surface area contributed by atoms with E-state index in [1.165, 1.54) is 0 Å². The largest absolute Gasteiger partial charge is 0.347 e. The molecule has 1 aromatic rings. The Morgan fingerprint density at radius 3 is 2.52 bits per heavy atom. The number of aryl methyl sites for hydroxylation is 1. The monoisotopic (exact) mass is 454 g/mol. The summed E-state index contributed by atoms with van der Waals surface area (Å²) in [6, 6.07) is 5.18. The Balaban J connectivity index is 1.69. The van der Waals surface area contributed by atoms with Crippen molar-refractivity contribution in [2.24, 2.45) is 5.92 Å². The predicted octanol–water partition coefficient (Wildman–Crippen LogP) is 2.09. The smallest absolute Gasteiger partial charge is 0.257 e. The highest BCUT2D eigenvalue weighted by molar-refractivity contribution is 9.10. The van der Waals surface area contributed by atoms with E-state index in [4.69, 9.17) is 12.2 Å². The average Bonchev–Trinajstić information content (AvgIpc) is 2.67. The molecule has 9 heteroatoms. The average molecular weight is 455 g/mol. The number of nitrogens with one attached hydrogen (secondary N) is 4. The van der Waals surface area contributed by atoms with Crippen LogP contribution in [0.15, 0.2) is 22.7 Å². The van der Waals surface area contributed by atoms with Gasteiger partial charge in [-0.25, -0.2) is 0 Å². The van der Waals surface area contributed by atoms with Gasteiger partial charge in [-0.1, -0.05) is 41.3 Å². The lowest BCUT2D eigenvalue weighted by molar-refractivity contribution is -0.129. The molecule has 0 aliphatic heterocycles. The Morgan fingerprint density at radius 2 is 1.85 bits per heavy atom. The van der Waals surface area contributed by atoms with Gasteiger partial charge in [0.2, 0.25) is 5.91 Å². The molecular formula is C18H23BrN4O3S. The van der Waals surface area contributed by atoms with Crippen molar-refractivity contribution < 1.29 is 14.4 Å². The molecule has 1 aromatic carbocycles. The second-order valence-electron chi connectivity index (χ2n) is 6.47. The highest BCUT2D eigenvalue weighted by Gasteiger charge is 2.21. The maximum atomic E-state index is 12.1. The Labute approximate surface area is 172 Å². The van der Waals surface area contributed by atoms with Gasteiger partial charge in [-0.15, -0.1) is 0 Å². The van der Waals surface area contributed by atoms with Crippen molar-refractivity contribution in [3.05, 3.63) is 33.8 Å². The van der Waals surface area contributed by atoms with Gasteiger partial charge in [0.1, 0.15) is 0 Å². The van der Waals surface area contributed by atoms with E-state index in [9.17, 15) is 14.4 Å². The number of hydrogen-bond donors (Lipinski definition) is 4. The van der Waals surface area contributed by atoms with Crippen LogP contribution in [0.1, 0.15) is 48.0 Å². The van der Waals surface area contributed by atoms with Crippen LogP contribution < -0.4 is 21.5 Å². The summed E-state index contributed by atoms with van der Waals surface area (Å²) in [7, 11) is 0. The molecule has 146 valence electrons. The van der Waals surface area contributed by atoms with E-state index in [0.29, 0.717) is 5.56 Å². The predicted molar refractivity (Wildman–Crippen MR) is 110 cm³/mol. The zero-order chi connectivity index (χ0) is 19.8. The molecule has 0 saturated heterocycles. The molecule has 1 saturated carbocycles. The molecular weight excluding hydrogens is 432 g/mol. The summed E-state index contributed by atoms with van der Waals surface area (Å²) in [5, 5.41) is 5.06. The first kappa shape index (κ1) is 21.3. The molecule has 0 aromatic heterocycles. The van der Waals surface area contributed by atoms with Crippen LogP contribution in [0.25, 0.3) is 0 Å². The maximum absolute atomic E-state index is 12.1. The van der Waals surface area contributed by atoms with Gasteiger partial charge in [0.05, 0.1) is 6.54 Å². The summed E-state index contributed by atoms with van der Waals surface area (Å²) in [6.45, 7) is 1.77. The molecule has 1 aliphatic carbocycles. The van der Waals surface area contributed by atoms with Gasteiger partial charge < -0.3 is 5.32 Å². The zero-order valence-corrected chi connectivity index (χ0v) is 17.5. The van der Waals surface area contributed by atoms with Gasteiger partial charge >= 0.3 is 0 Å². The van der Waals surface area contributed by atoms with Crippen LogP contribution in [0, 0.1) is 12.8 Å². The van der Waals surface area contributed by atoms with Crippen molar-refractivity contribution in [1.82, 2.24) is 21.5 Å². The molecule has 4 N–H and O–H groups in total. The lowest BCUT2D eigenvalue weighted by atomic mass is 9.89. The molecule has 0 radical (unpaired) electrons. The number of carbonyl (C=O) groups is 3. The summed E-state index contributed by atoms with van der Waals surface area (Å²) in [6.07, 6.45) is 5.01. The summed E-state index contributed by atoms with van der Waals surface area (Å²) >= 11 is 8.36. The quantitative estimate of drug-likeness (QED) is 0.412. The zero-order valence-electron chi connectivity index (χ0n) is 15.1. The molecule has 2 rings (SSSR count). The van der Waals surface area contributed by atoms with E-state index in [1.807, 2.05) is 13.0 Å². The molecule has 1 aliphatic rings. The van der Waals surface area contributed by atoms with Crippen LogP contribution in [0.5, 0.6) is 0 Å². The van der Waals surface area contributed by atoms with Crippen molar-refractivity contribution in [3.8, 4) is 0 Å². The first-order chi connectivity index (χ1) is 12.9. The fourth-order valence-corrected chi connectivity index (χ4v) is 3.31. The molecule has 0 bridgehead atoms. The number of rotatable bonds is 4. The van der Waals surface area contributed by atoms with Gasteiger partial charge in [0.25, 0.3) is 11.8 Å². The van der Waals surface area contributed by atoms with Gasteiger partial charge in [-0.05, 0) is 49.7 Å². The Bertz CT molecular complexity index is 735. The fourth-order valence-electron chi connectivity index (χ4n) is 2.79. The van der Waals surface area contributed by atoms with Crippen molar-refractivity contribution >= 4 is 51.0 Å².